The van der Waals surface area contributed by atoms with Crippen molar-refractivity contribution in [1.29, 1.82) is 0 Å². The third-order valence-corrected chi connectivity index (χ3v) is 6.48. The van der Waals surface area contributed by atoms with Crippen molar-refractivity contribution in [2.45, 2.75) is 5.85 Å². The number of benzene rings is 2. The Labute approximate surface area is 190 Å². The van der Waals surface area contributed by atoms with Crippen molar-refractivity contribution in [1.82, 2.24) is 9.97 Å². The molecule has 1 atom stereocenters. The molecule has 1 aromatic heterocycles. The third kappa shape index (κ3) is 5.67. The molecule has 10 nitrogen and oxygen atoms in total. The molecule has 2 aromatic carbocycles. The minimum absolute atomic E-state index is 0.0440. The minimum atomic E-state index is -3.83. The van der Waals surface area contributed by atoms with E-state index in [-0.39, 0.29) is 29.1 Å². The molecule has 0 radical (unpaired) electrons. The van der Waals surface area contributed by atoms with Gasteiger partial charge < -0.3 is 28.0 Å². The van der Waals surface area contributed by atoms with Crippen LogP contribution in [0.1, 0.15) is 21.8 Å². The van der Waals surface area contributed by atoms with Gasteiger partial charge in [-0.05, 0) is 12.1 Å². The Kier molecular flexibility index (Phi) is 8.00. The molecule has 0 aliphatic rings. The Hall–Kier alpha value is -3.46. The Morgan fingerprint density at radius 2 is 1.42 bits per heavy atom. The highest BCUT2D eigenvalue weighted by atomic mass is 31.2. The number of nitrogens with zero attached hydrogens (tertiary/aromatic N) is 2. The summed E-state index contributed by atoms with van der Waals surface area (Å²) in [6, 6.07) is 16.2. The topological polar surface area (TPSA) is 115 Å². The molecule has 174 valence electrons. The first-order valence-corrected chi connectivity index (χ1v) is 11.3. The summed E-state index contributed by atoms with van der Waals surface area (Å²) in [5, 5.41) is 0. The maximum atomic E-state index is 13.1. The van der Waals surface area contributed by atoms with E-state index in [1.165, 1.54) is 46.6 Å². The van der Waals surface area contributed by atoms with Gasteiger partial charge in [-0.2, -0.15) is 9.97 Å². The van der Waals surface area contributed by atoms with Crippen molar-refractivity contribution in [2.75, 3.05) is 28.4 Å². The third-order valence-electron chi connectivity index (χ3n) is 4.48. The van der Waals surface area contributed by atoms with Gasteiger partial charge in [0.1, 0.15) is 11.3 Å². The molecule has 0 bridgehead atoms. The number of hydrogen-bond acceptors (Lipinski definition) is 10. The lowest BCUT2D eigenvalue weighted by atomic mass is 10.2. The van der Waals surface area contributed by atoms with Crippen LogP contribution in [0.5, 0.6) is 23.5 Å². The number of rotatable bonds is 10. The van der Waals surface area contributed by atoms with Crippen molar-refractivity contribution in [3.63, 3.8) is 0 Å². The van der Waals surface area contributed by atoms with E-state index in [2.05, 4.69) is 9.97 Å². The molecule has 0 amide bonds. The van der Waals surface area contributed by atoms with Crippen LogP contribution < -0.4 is 14.2 Å². The number of para-hydroxylation sites is 1. The van der Waals surface area contributed by atoms with Gasteiger partial charge in [-0.3, -0.25) is 4.57 Å². The average molecular weight is 474 g/mol. The van der Waals surface area contributed by atoms with Crippen LogP contribution in [0, 0.1) is 0 Å². The number of aromatic nitrogens is 2. The van der Waals surface area contributed by atoms with E-state index in [0.29, 0.717) is 5.56 Å². The Morgan fingerprint density at radius 1 is 0.848 bits per heavy atom. The standard InChI is InChI=1S/C22H23N2O8P/c1-27-18-14-19(28-2)24-22(23-18)31-17-13-9-8-12-16(17)20(25)32-21(33(26,29-3)30-4)15-10-6-5-7-11-15/h5-14,21H,1-4H3. The largest absolute Gasteiger partial charge is 0.481 e. The Morgan fingerprint density at radius 3 is 2.00 bits per heavy atom. The highest BCUT2D eigenvalue weighted by Crippen LogP contribution is 2.60. The highest BCUT2D eigenvalue weighted by Gasteiger charge is 2.39. The summed E-state index contributed by atoms with van der Waals surface area (Å²) in [6.45, 7) is 0. The van der Waals surface area contributed by atoms with Gasteiger partial charge in [0.25, 0.3) is 0 Å². The fourth-order valence-electron chi connectivity index (χ4n) is 2.82. The van der Waals surface area contributed by atoms with Gasteiger partial charge >= 0.3 is 19.6 Å². The Balaban J connectivity index is 1.94. The van der Waals surface area contributed by atoms with E-state index >= 15 is 0 Å². The lowest BCUT2D eigenvalue weighted by molar-refractivity contribution is 0.0378. The molecule has 3 rings (SSSR count). The number of ether oxygens (including phenoxy) is 4. The van der Waals surface area contributed by atoms with Crippen LogP contribution >= 0.6 is 7.60 Å². The van der Waals surface area contributed by atoms with Crippen molar-refractivity contribution in [3.8, 4) is 23.5 Å². The van der Waals surface area contributed by atoms with Gasteiger partial charge in [0.05, 0.1) is 20.3 Å². The molecule has 0 saturated carbocycles. The van der Waals surface area contributed by atoms with Crippen LogP contribution in [0.2, 0.25) is 0 Å². The summed E-state index contributed by atoms with van der Waals surface area (Å²) in [5.41, 5.74) is 0.486. The smallest absolute Gasteiger partial charge is 0.375 e. The maximum absolute atomic E-state index is 13.1. The highest BCUT2D eigenvalue weighted by molar-refractivity contribution is 7.54. The van der Waals surface area contributed by atoms with E-state index in [1.54, 1.807) is 42.5 Å². The second-order valence-electron chi connectivity index (χ2n) is 6.41. The van der Waals surface area contributed by atoms with Crippen LogP contribution in [0.4, 0.5) is 0 Å². The van der Waals surface area contributed by atoms with Gasteiger partial charge in [-0.25, -0.2) is 4.79 Å². The van der Waals surface area contributed by atoms with E-state index in [0.717, 1.165) is 0 Å². The molecule has 0 spiro atoms. The van der Waals surface area contributed by atoms with Crippen LogP contribution in [0.3, 0.4) is 0 Å². The van der Waals surface area contributed by atoms with Crippen LogP contribution in [0.15, 0.2) is 60.7 Å². The zero-order valence-corrected chi connectivity index (χ0v) is 19.4. The van der Waals surface area contributed by atoms with E-state index in [9.17, 15) is 9.36 Å². The molecule has 0 aliphatic heterocycles. The molecule has 0 aliphatic carbocycles. The van der Waals surface area contributed by atoms with Gasteiger partial charge in [-0.15, -0.1) is 0 Å². The fourth-order valence-corrected chi connectivity index (χ4v) is 4.12. The quantitative estimate of drug-likeness (QED) is 0.304. The summed E-state index contributed by atoms with van der Waals surface area (Å²) in [7, 11) is 1.48. The molecule has 0 fully saturated rings. The van der Waals surface area contributed by atoms with Crippen LogP contribution in [0.25, 0.3) is 0 Å². The Bertz CT molecular complexity index is 1110. The number of hydrogen-bond donors (Lipinski definition) is 0. The monoisotopic (exact) mass is 474 g/mol. The zero-order valence-electron chi connectivity index (χ0n) is 18.5. The lowest BCUT2D eigenvalue weighted by Crippen LogP contribution is -2.15. The molecule has 11 heteroatoms. The molecule has 1 unspecified atom stereocenters. The summed E-state index contributed by atoms with van der Waals surface area (Å²) < 4.78 is 44.9. The molecular formula is C22H23N2O8P. The second-order valence-corrected chi connectivity index (χ2v) is 8.69. The van der Waals surface area contributed by atoms with Crippen LogP contribution in [-0.4, -0.2) is 44.4 Å². The first kappa shape index (κ1) is 24.2. The van der Waals surface area contributed by atoms with E-state index in [1.807, 2.05) is 0 Å². The number of carbonyl (C=O) groups is 1. The van der Waals surface area contributed by atoms with E-state index in [4.69, 9.17) is 28.0 Å². The van der Waals surface area contributed by atoms with Gasteiger partial charge in [0.15, 0.2) is 0 Å². The molecule has 0 saturated heterocycles. The van der Waals surface area contributed by atoms with Crippen molar-refractivity contribution in [3.05, 3.63) is 71.8 Å². The maximum Gasteiger partial charge on any atom is 0.375 e. The fraction of sp³-hybridized carbons (Fsp3) is 0.227. The number of carbonyl (C=O) groups excluding carboxylic acids is 1. The predicted octanol–water partition coefficient (Wildman–Crippen LogP) is 4.63. The first-order valence-electron chi connectivity index (χ1n) is 9.65. The summed E-state index contributed by atoms with van der Waals surface area (Å²) in [4.78, 5) is 21.3. The second kappa shape index (κ2) is 10.9. The molecule has 3 aromatic rings. The van der Waals surface area contributed by atoms with E-state index < -0.39 is 19.4 Å². The normalized spacial score (nSPS) is 12.0. The summed E-state index contributed by atoms with van der Waals surface area (Å²) in [5.74, 6) is -1.59. The molecule has 1 heterocycles. The summed E-state index contributed by atoms with van der Waals surface area (Å²) >= 11 is 0. The van der Waals surface area contributed by atoms with Crippen LogP contribution in [-0.2, 0) is 18.3 Å². The van der Waals surface area contributed by atoms with Crippen molar-refractivity contribution in [2.24, 2.45) is 0 Å². The first-order chi connectivity index (χ1) is 15.9. The van der Waals surface area contributed by atoms with Gasteiger partial charge in [-0.1, -0.05) is 42.5 Å². The molecular weight excluding hydrogens is 451 g/mol. The molecule has 0 N–H and O–H groups in total. The lowest BCUT2D eigenvalue weighted by Gasteiger charge is -2.24. The van der Waals surface area contributed by atoms with Gasteiger partial charge in [0, 0.05) is 19.8 Å². The number of methoxy groups -OCH3 is 2. The van der Waals surface area contributed by atoms with Crippen molar-refractivity contribution >= 4 is 13.6 Å². The summed E-state index contributed by atoms with van der Waals surface area (Å²) in [6.07, 6.45) is 0. The zero-order chi connectivity index (χ0) is 23.8. The molecule has 33 heavy (non-hydrogen) atoms. The predicted molar refractivity (Wildman–Crippen MR) is 118 cm³/mol. The average Bonchev–Trinajstić information content (AvgIpc) is 2.87. The number of esters is 1. The SMILES string of the molecule is COc1cc(OC)nc(Oc2ccccc2C(=O)OC(c2ccccc2)P(=O)(OC)OC)n1. The van der Waals surface area contributed by atoms with Gasteiger partial charge in [0.2, 0.25) is 17.6 Å². The van der Waals surface area contributed by atoms with Crippen molar-refractivity contribution < 1.29 is 37.4 Å². The minimum Gasteiger partial charge on any atom is -0.481 e.